The topological polar surface area (TPSA) is 99.3 Å². The lowest BCUT2D eigenvalue weighted by Crippen LogP contribution is -2.21. The van der Waals surface area contributed by atoms with Gasteiger partial charge in [0.1, 0.15) is 11.6 Å². The van der Waals surface area contributed by atoms with Crippen molar-refractivity contribution in [2.45, 2.75) is 13.8 Å². The zero-order valence-electron chi connectivity index (χ0n) is 15.2. The lowest BCUT2D eigenvalue weighted by Gasteiger charge is -2.20. The number of carbonyl (C=O) groups excluding carboxylic acids is 1. The normalized spacial score (nSPS) is 10.8. The van der Waals surface area contributed by atoms with Gasteiger partial charge in [0.05, 0.1) is 4.92 Å². The van der Waals surface area contributed by atoms with Crippen LogP contribution < -0.4 is 10.2 Å². The van der Waals surface area contributed by atoms with E-state index in [1.54, 1.807) is 0 Å². The summed E-state index contributed by atoms with van der Waals surface area (Å²) in [6.07, 6.45) is 1.48. The monoisotopic (exact) mass is 364 g/mol. The molecule has 1 amide bonds. The second-order valence-electron chi connectivity index (χ2n) is 5.70. The van der Waals surface area contributed by atoms with Gasteiger partial charge in [0.25, 0.3) is 11.6 Å². The number of hydrogen-bond donors (Lipinski definition) is 1. The van der Waals surface area contributed by atoms with E-state index in [9.17, 15) is 20.2 Å². The molecule has 0 heterocycles. The molecule has 0 saturated heterocycles. The van der Waals surface area contributed by atoms with Gasteiger partial charge >= 0.3 is 0 Å². The number of benzene rings is 2. The number of nitro benzene ring substituents is 1. The first-order valence-electron chi connectivity index (χ1n) is 8.51. The van der Waals surface area contributed by atoms with Crippen molar-refractivity contribution in [1.29, 1.82) is 5.26 Å². The fourth-order valence-electron chi connectivity index (χ4n) is 2.58. The van der Waals surface area contributed by atoms with Gasteiger partial charge in [-0.15, -0.1) is 0 Å². The van der Waals surface area contributed by atoms with Crippen LogP contribution in [0.5, 0.6) is 0 Å². The number of carbonyl (C=O) groups is 1. The highest BCUT2D eigenvalue weighted by Gasteiger charge is 2.12. The summed E-state index contributed by atoms with van der Waals surface area (Å²) in [5.74, 6) is -0.620. The summed E-state index contributed by atoms with van der Waals surface area (Å²) < 4.78 is 0. The average Bonchev–Trinajstić information content (AvgIpc) is 2.68. The minimum atomic E-state index is -0.620. The van der Waals surface area contributed by atoms with E-state index in [-0.39, 0.29) is 16.9 Å². The first-order valence-corrected chi connectivity index (χ1v) is 8.51. The molecule has 0 atom stereocenters. The smallest absolute Gasteiger partial charge is 0.271 e. The third-order valence-electron chi connectivity index (χ3n) is 4.01. The minimum Gasteiger partial charge on any atom is -0.372 e. The van der Waals surface area contributed by atoms with E-state index in [1.807, 2.05) is 30.3 Å². The highest BCUT2D eigenvalue weighted by Crippen LogP contribution is 2.19. The summed E-state index contributed by atoms with van der Waals surface area (Å²) in [4.78, 5) is 24.8. The number of nitriles is 1. The van der Waals surface area contributed by atoms with Crippen molar-refractivity contribution in [3.63, 3.8) is 0 Å². The van der Waals surface area contributed by atoms with Crippen LogP contribution in [0.15, 0.2) is 54.1 Å². The van der Waals surface area contributed by atoms with E-state index < -0.39 is 10.8 Å². The fourth-order valence-corrected chi connectivity index (χ4v) is 2.58. The number of amides is 1. The number of hydrogen-bond acceptors (Lipinski definition) is 5. The second-order valence-corrected chi connectivity index (χ2v) is 5.70. The van der Waals surface area contributed by atoms with E-state index in [4.69, 9.17) is 0 Å². The quantitative estimate of drug-likeness (QED) is 0.347. The third kappa shape index (κ3) is 5.16. The molecule has 0 radical (unpaired) electrons. The molecule has 0 fully saturated rings. The Hall–Kier alpha value is -3.66. The molecule has 2 aromatic rings. The zero-order chi connectivity index (χ0) is 19.8. The van der Waals surface area contributed by atoms with Crippen molar-refractivity contribution in [2.75, 3.05) is 23.3 Å². The summed E-state index contributed by atoms with van der Waals surface area (Å²) in [5, 5.41) is 22.6. The molecule has 7 nitrogen and oxygen atoms in total. The Balaban J connectivity index is 2.18. The standard InChI is InChI=1S/C20H20N4O3/c1-3-23(4-2)18-10-8-15(9-11-18)12-16(14-21)20(25)22-17-6-5-7-19(13-17)24(26)27/h5-13H,3-4H2,1-2H3,(H,22,25)/b16-12-. The van der Waals surface area contributed by atoms with Gasteiger partial charge in [0.15, 0.2) is 0 Å². The van der Waals surface area contributed by atoms with E-state index in [0.29, 0.717) is 0 Å². The number of non-ortho nitro benzene ring substituents is 1. The van der Waals surface area contributed by atoms with Crippen molar-refractivity contribution >= 4 is 29.0 Å². The third-order valence-corrected chi connectivity index (χ3v) is 4.01. The molecule has 0 aliphatic rings. The van der Waals surface area contributed by atoms with Gasteiger partial charge in [-0.25, -0.2) is 0 Å². The highest BCUT2D eigenvalue weighted by atomic mass is 16.6. The van der Waals surface area contributed by atoms with E-state index >= 15 is 0 Å². The highest BCUT2D eigenvalue weighted by molar-refractivity contribution is 6.09. The predicted molar refractivity (Wildman–Crippen MR) is 105 cm³/mol. The van der Waals surface area contributed by atoms with Crippen molar-refractivity contribution in [3.8, 4) is 6.07 Å². The van der Waals surface area contributed by atoms with Crippen LogP contribution in [0.1, 0.15) is 19.4 Å². The predicted octanol–water partition coefficient (Wildman–Crippen LogP) is 3.99. The van der Waals surface area contributed by atoms with Gasteiger partial charge in [0, 0.05) is 36.6 Å². The summed E-state index contributed by atoms with van der Waals surface area (Å²) in [6.45, 7) is 5.92. The molecule has 138 valence electrons. The summed E-state index contributed by atoms with van der Waals surface area (Å²) in [5.41, 5.74) is 1.82. The molecular weight excluding hydrogens is 344 g/mol. The van der Waals surface area contributed by atoms with Crippen LogP contribution in [0, 0.1) is 21.4 Å². The summed E-state index contributed by atoms with van der Waals surface area (Å²) in [7, 11) is 0. The minimum absolute atomic E-state index is 0.0860. The molecule has 7 heteroatoms. The molecule has 1 N–H and O–H groups in total. The molecule has 27 heavy (non-hydrogen) atoms. The van der Waals surface area contributed by atoms with Gasteiger partial charge in [-0.05, 0) is 43.7 Å². The SMILES string of the molecule is CCN(CC)c1ccc(/C=C(/C#N)C(=O)Nc2cccc([N+](=O)[O-])c2)cc1. The van der Waals surface area contributed by atoms with E-state index in [2.05, 4.69) is 24.1 Å². The van der Waals surface area contributed by atoms with Gasteiger partial charge in [-0.3, -0.25) is 14.9 Å². The Morgan fingerprint density at radius 1 is 1.22 bits per heavy atom. The first kappa shape index (κ1) is 19.7. The average molecular weight is 364 g/mol. The molecule has 2 aromatic carbocycles. The molecule has 0 aliphatic heterocycles. The fraction of sp³-hybridized carbons (Fsp3) is 0.200. The molecular formula is C20H20N4O3. The molecule has 0 saturated carbocycles. The van der Waals surface area contributed by atoms with Crippen molar-refractivity contribution in [3.05, 3.63) is 69.8 Å². The lowest BCUT2D eigenvalue weighted by atomic mass is 10.1. The molecule has 2 rings (SSSR count). The Kier molecular flexibility index (Phi) is 6.67. The maximum absolute atomic E-state index is 12.3. The lowest BCUT2D eigenvalue weighted by molar-refractivity contribution is -0.384. The van der Waals surface area contributed by atoms with Crippen LogP contribution in [0.4, 0.5) is 17.1 Å². The largest absolute Gasteiger partial charge is 0.372 e. The van der Waals surface area contributed by atoms with E-state index in [0.717, 1.165) is 24.3 Å². The van der Waals surface area contributed by atoms with Crippen LogP contribution in [0.2, 0.25) is 0 Å². The Bertz CT molecular complexity index is 894. The van der Waals surface area contributed by atoms with Gasteiger partial charge in [0.2, 0.25) is 0 Å². The Labute approximate surface area is 157 Å². The molecule has 0 spiro atoms. The zero-order valence-corrected chi connectivity index (χ0v) is 15.2. The molecule has 0 aromatic heterocycles. The molecule has 0 unspecified atom stereocenters. The molecule has 0 bridgehead atoms. The summed E-state index contributed by atoms with van der Waals surface area (Å²) in [6, 6.07) is 15.0. The number of nitrogens with zero attached hydrogens (tertiary/aromatic N) is 3. The van der Waals surface area contributed by atoms with Crippen molar-refractivity contribution < 1.29 is 9.72 Å². The van der Waals surface area contributed by atoms with Crippen LogP contribution in [0.3, 0.4) is 0 Å². The van der Waals surface area contributed by atoms with Gasteiger partial charge < -0.3 is 10.2 Å². The number of anilines is 2. The summed E-state index contributed by atoms with van der Waals surface area (Å²) >= 11 is 0. The van der Waals surface area contributed by atoms with Crippen LogP contribution in [-0.4, -0.2) is 23.9 Å². The van der Waals surface area contributed by atoms with Crippen LogP contribution in [0.25, 0.3) is 6.08 Å². The van der Waals surface area contributed by atoms with Gasteiger partial charge in [-0.2, -0.15) is 5.26 Å². The maximum atomic E-state index is 12.3. The number of rotatable bonds is 7. The molecule has 0 aliphatic carbocycles. The van der Waals surface area contributed by atoms with Gasteiger partial charge in [-0.1, -0.05) is 18.2 Å². The van der Waals surface area contributed by atoms with E-state index in [1.165, 1.54) is 30.3 Å². The second kappa shape index (κ2) is 9.15. The Morgan fingerprint density at radius 3 is 2.44 bits per heavy atom. The number of nitro groups is 1. The maximum Gasteiger partial charge on any atom is 0.271 e. The van der Waals surface area contributed by atoms with Crippen molar-refractivity contribution in [1.82, 2.24) is 0 Å². The van der Waals surface area contributed by atoms with Crippen LogP contribution >= 0.6 is 0 Å². The number of nitrogens with one attached hydrogen (secondary N) is 1. The Morgan fingerprint density at radius 2 is 1.89 bits per heavy atom. The van der Waals surface area contributed by atoms with Crippen LogP contribution in [-0.2, 0) is 4.79 Å². The van der Waals surface area contributed by atoms with Crippen molar-refractivity contribution in [2.24, 2.45) is 0 Å². The first-order chi connectivity index (χ1) is 13.0.